The Morgan fingerprint density at radius 1 is 0.708 bits per heavy atom. The Labute approximate surface area is 151 Å². The molecular formula is C22H41NO. The summed E-state index contributed by atoms with van der Waals surface area (Å²) in [7, 11) is 0. The molecule has 1 saturated heterocycles. The van der Waals surface area contributed by atoms with E-state index in [4.69, 9.17) is 4.74 Å². The van der Waals surface area contributed by atoms with Crippen molar-refractivity contribution < 1.29 is 4.74 Å². The van der Waals surface area contributed by atoms with Crippen LogP contribution in [0.4, 0.5) is 0 Å². The molecule has 0 N–H and O–H groups in total. The third-order valence-corrected chi connectivity index (χ3v) is 4.78. The van der Waals surface area contributed by atoms with Gasteiger partial charge in [-0.25, -0.2) is 0 Å². The highest BCUT2D eigenvalue weighted by atomic mass is 16.5. The summed E-state index contributed by atoms with van der Waals surface area (Å²) in [4.78, 5) is 2.55. The van der Waals surface area contributed by atoms with Gasteiger partial charge >= 0.3 is 0 Å². The average Bonchev–Trinajstić information content (AvgIpc) is 2.62. The van der Waals surface area contributed by atoms with Crippen molar-refractivity contribution in [1.29, 1.82) is 0 Å². The summed E-state index contributed by atoms with van der Waals surface area (Å²) in [5.74, 6) is 0. The van der Waals surface area contributed by atoms with Crippen molar-refractivity contribution in [2.75, 3.05) is 32.8 Å². The Balaban J connectivity index is 1.76. The van der Waals surface area contributed by atoms with Crippen LogP contribution in [0.15, 0.2) is 24.3 Å². The zero-order chi connectivity index (χ0) is 17.1. The van der Waals surface area contributed by atoms with Gasteiger partial charge in [0.1, 0.15) is 0 Å². The topological polar surface area (TPSA) is 12.5 Å². The molecule has 1 heterocycles. The molecule has 0 aliphatic carbocycles. The third-order valence-electron chi connectivity index (χ3n) is 4.78. The fourth-order valence-electron chi connectivity index (χ4n) is 3.15. The first kappa shape index (κ1) is 21.4. The first-order valence-electron chi connectivity index (χ1n) is 10.5. The molecule has 1 rings (SSSR count). The summed E-state index contributed by atoms with van der Waals surface area (Å²) < 4.78 is 5.38. The van der Waals surface area contributed by atoms with Crippen LogP contribution in [0.5, 0.6) is 0 Å². The van der Waals surface area contributed by atoms with Crippen LogP contribution in [0.3, 0.4) is 0 Å². The van der Waals surface area contributed by atoms with Crippen molar-refractivity contribution in [2.24, 2.45) is 0 Å². The highest BCUT2D eigenvalue weighted by Crippen LogP contribution is 2.09. The van der Waals surface area contributed by atoms with E-state index < -0.39 is 0 Å². The smallest absolute Gasteiger partial charge is 0.0594 e. The standard InChI is InChI=1S/C22H41NO/c1-2-3-4-5-6-7-8-9-10-11-12-13-14-15-16-17-18-23-19-21-24-22-20-23/h6-7,9-10H,2-5,8,11-22H2,1H3/b7-6-,10-9-. The van der Waals surface area contributed by atoms with Gasteiger partial charge in [-0.2, -0.15) is 0 Å². The van der Waals surface area contributed by atoms with E-state index in [0.29, 0.717) is 0 Å². The van der Waals surface area contributed by atoms with Crippen LogP contribution >= 0.6 is 0 Å². The van der Waals surface area contributed by atoms with Gasteiger partial charge in [-0.3, -0.25) is 4.90 Å². The number of nitrogens with zero attached hydrogens (tertiary/aromatic N) is 1. The van der Waals surface area contributed by atoms with Crippen LogP contribution in [-0.4, -0.2) is 37.7 Å². The van der Waals surface area contributed by atoms with Crippen molar-refractivity contribution in [3.63, 3.8) is 0 Å². The summed E-state index contributed by atoms with van der Waals surface area (Å²) in [6.45, 7) is 7.68. The fraction of sp³-hybridized carbons (Fsp3) is 0.818. The second kappa shape index (κ2) is 17.2. The lowest BCUT2D eigenvalue weighted by Crippen LogP contribution is -2.36. The lowest BCUT2D eigenvalue weighted by molar-refractivity contribution is 0.0371. The van der Waals surface area contributed by atoms with Crippen LogP contribution in [-0.2, 0) is 4.74 Å². The zero-order valence-electron chi connectivity index (χ0n) is 16.2. The van der Waals surface area contributed by atoms with Crippen molar-refractivity contribution in [3.05, 3.63) is 24.3 Å². The van der Waals surface area contributed by atoms with Crippen LogP contribution in [0.25, 0.3) is 0 Å². The predicted molar refractivity (Wildman–Crippen MR) is 107 cm³/mol. The molecule has 140 valence electrons. The molecule has 0 unspecified atom stereocenters. The number of morpholine rings is 1. The summed E-state index contributed by atoms with van der Waals surface area (Å²) in [5, 5.41) is 0. The van der Waals surface area contributed by atoms with E-state index in [0.717, 1.165) is 32.7 Å². The van der Waals surface area contributed by atoms with E-state index in [1.54, 1.807) is 0 Å². The second-order valence-electron chi connectivity index (χ2n) is 7.04. The molecule has 1 aliphatic rings. The number of hydrogen-bond acceptors (Lipinski definition) is 2. The lowest BCUT2D eigenvalue weighted by atomic mass is 10.1. The maximum Gasteiger partial charge on any atom is 0.0594 e. The number of allylic oxidation sites excluding steroid dienone is 4. The molecule has 2 heteroatoms. The van der Waals surface area contributed by atoms with Crippen molar-refractivity contribution in [2.45, 2.75) is 84.0 Å². The van der Waals surface area contributed by atoms with Crippen molar-refractivity contribution in [3.8, 4) is 0 Å². The molecule has 0 radical (unpaired) electrons. The zero-order valence-corrected chi connectivity index (χ0v) is 16.2. The molecule has 0 aromatic carbocycles. The molecule has 0 bridgehead atoms. The van der Waals surface area contributed by atoms with Gasteiger partial charge in [0, 0.05) is 13.1 Å². The van der Waals surface area contributed by atoms with Gasteiger partial charge in [-0.05, 0) is 45.1 Å². The van der Waals surface area contributed by atoms with Gasteiger partial charge in [-0.1, -0.05) is 69.8 Å². The molecule has 0 saturated carbocycles. The third kappa shape index (κ3) is 13.8. The monoisotopic (exact) mass is 335 g/mol. The molecule has 24 heavy (non-hydrogen) atoms. The minimum atomic E-state index is 0.933. The number of unbranched alkanes of at least 4 members (excludes halogenated alkanes) is 9. The Hall–Kier alpha value is -0.600. The maximum atomic E-state index is 5.38. The highest BCUT2D eigenvalue weighted by Gasteiger charge is 2.08. The van der Waals surface area contributed by atoms with E-state index in [1.807, 2.05) is 0 Å². The van der Waals surface area contributed by atoms with Crippen LogP contribution in [0.1, 0.15) is 84.0 Å². The summed E-state index contributed by atoms with van der Waals surface area (Å²) in [6.07, 6.45) is 25.4. The molecular weight excluding hydrogens is 294 g/mol. The van der Waals surface area contributed by atoms with Gasteiger partial charge < -0.3 is 4.74 Å². The summed E-state index contributed by atoms with van der Waals surface area (Å²) >= 11 is 0. The second-order valence-corrected chi connectivity index (χ2v) is 7.04. The van der Waals surface area contributed by atoms with Crippen LogP contribution < -0.4 is 0 Å². The van der Waals surface area contributed by atoms with Gasteiger partial charge in [-0.15, -0.1) is 0 Å². The van der Waals surface area contributed by atoms with Gasteiger partial charge in [0.05, 0.1) is 13.2 Å². The van der Waals surface area contributed by atoms with Gasteiger partial charge in [0.25, 0.3) is 0 Å². The number of rotatable bonds is 15. The summed E-state index contributed by atoms with van der Waals surface area (Å²) in [6, 6.07) is 0. The normalized spacial score (nSPS) is 16.5. The first-order valence-corrected chi connectivity index (χ1v) is 10.5. The Morgan fingerprint density at radius 3 is 1.96 bits per heavy atom. The average molecular weight is 336 g/mol. The number of hydrogen-bond donors (Lipinski definition) is 0. The molecule has 0 atom stereocenters. The van der Waals surface area contributed by atoms with E-state index in [-0.39, 0.29) is 0 Å². The fourth-order valence-corrected chi connectivity index (χ4v) is 3.15. The molecule has 0 aromatic rings. The Kier molecular flexibility index (Phi) is 15.4. The maximum absolute atomic E-state index is 5.38. The predicted octanol–water partition coefficient (Wildman–Crippen LogP) is 6.13. The highest BCUT2D eigenvalue weighted by molar-refractivity contribution is 4.92. The Bertz CT molecular complexity index is 305. The first-order chi connectivity index (χ1) is 11.9. The van der Waals surface area contributed by atoms with E-state index in [1.165, 1.54) is 77.2 Å². The minimum absolute atomic E-state index is 0.933. The van der Waals surface area contributed by atoms with Gasteiger partial charge in [0.15, 0.2) is 0 Å². The SMILES string of the molecule is CCCCC/C=C\C/C=C\CCCCCCCCN1CCOCC1. The van der Waals surface area contributed by atoms with Crippen molar-refractivity contribution in [1.82, 2.24) is 4.90 Å². The lowest BCUT2D eigenvalue weighted by Gasteiger charge is -2.26. The molecule has 1 aliphatic heterocycles. The van der Waals surface area contributed by atoms with E-state index >= 15 is 0 Å². The largest absolute Gasteiger partial charge is 0.379 e. The summed E-state index contributed by atoms with van der Waals surface area (Å²) in [5.41, 5.74) is 0. The quantitative estimate of drug-likeness (QED) is 0.263. The van der Waals surface area contributed by atoms with Crippen LogP contribution in [0.2, 0.25) is 0 Å². The minimum Gasteiger partial charge on any atom is -0.379 e. The molecule has 1 fully saturated rings. The molecule has 0 amide bonds. The molecule has 0 aromatic heterocycles. The van der Waals surface area contributed by atoms with Crippen LogP contribution in [0, 0.1) is 0 Å². The number of ether oxygens (including phenoxy) is 1. The van der Waals surface area contributed by atoms with Crippen molar-refractivity contribution >= 4 is 0 Å². The Morgan fingerprint density at radius 2 is 1.29 bits per heavy atom. The molecule has 0 spiro atoms. The van der Waals surface area contributed by atoms with Gasteiger partial charge in [0.2, 0.25) is 0 Å². The molecule has 2 nitrogen and oxygen atoms in total. The van der Waals surface area contributed by atoms with E-state index in [2.05, 4.69) is 36.1 Å². The van der Waals surface area contributed by atoms with E-state index in [9.17, 15) is 0 Å².